The summed E-state index contributed by atoms with van der Waals surface area (Å²) in [7, 11) is 3.96. The minimum absolute atomic E-state index is 0. The van der Waals surface area contributed by atoms with E-state index in [1.54, 1.807) is 25.3 Å². The Morgan fingerprint density at radius 3 is 1.19 bits per heavy atom. The largest absolute Gasteiger partial charge is 0.491 e. The van der Waals surface area contributed by atoms with Crippen LogP contribution in [0.5, 0.6) is 0 Å². The van der Waals surface area contributed by atoms with Crippen LogP contribution in [0.25, 0.3) is 32.2 Å². The van der Waals surface area contributed by atoms with Crippen molar-refractivity contribution in [1.29, 1.82) is 0 Å². The molecule has 0 bridgehead atoms. The summed E-state index contributed by atoms with van der Waals surface area (Å²) in [6, 6.07) is 70.5. The summed E-state index contributed by atoms with van der Waals surface area (Å²) in [5.41, 5.74) is 7.58. The van der Waals surface area contributed by atoms with Gasteiger partial charge in [0.1, 0.15) is 24.3 Å². The standard InChI is InChI=1S/2C16H12N4.2C13H11N2.2Pt/c2*1-19-11-20(15-9-17-10-18-16(15)19)14-7-6-12-4-2-3-5-13(12)8-14;2*1-3-7-12(8-4-1)14-11-15-13-9-5-2-6-10-13;;/h2*2-6,8-11H,1H3;2*1-11H;;/q2*-2;2*-1;;. The second-order valence-electron chi connectivity index (χ2n) is 15.6. The molecule has 0 atom stereocenters. The number of fused-ring (bicyclic) bond motifs is 4. The van der Waals surface area contributed by atoms with Crippen molar-refractivity contribution in [3.8, 4) is 0 Å². The number of aromatic nitrogens is 4. The van der Waals surface area contributed by atoms with Gasteiger partial charge in [0.2, 0.25) is 0 Å². The van der Waals surface area contributed by atoms with Gasteiger partial charge in [-0.25, -0.2) is 19.9 Å². The smallest absolute Gasteiger partial charge is 0.125 e. The van der Waals surface area contributed by atoms with Crippen LogP contribution in [0, 0.1) is 25.5 Å². The molecule has 0 radical (unpaired) electrons. The molecule has 14 heteroatoms. The predicted molar refractivity (Wildman–Crippen MR) is 287 cm³/mol. The van der Waals surface area contributed by atoms with Crippen molar-refractivity contribution in [1.82, 2.24) is 19.9 Å². The molecule has 0 saturated carbocycles. The quantitative estimate of drug-likeness (QED) is 0.0839. The van der Waals surface area contributed by atoms with E-state index >= 15 is 0 Å². The number of rotatable bonds is 8. The molecule has 2 aliphatic heterocycles. The maximum absolute atomic E-state index is 4.31. The van der Waals surface area contributed by atoms with E-state index in [0.29, 0.717) is 0 Å². The molecule has 0 N–H and O–H groups in total. The molecule has 0 saturated heterocycles. The zero-order valence-electron chi connectivity index (χ0n) is 39.1. The third kappa shape index (κ3) is 13.6. The molecule has 364 valence electrons. The summed E-state index contributed by atoms with van der Waals surface area (Å²) < 4.78 is 0. The van der Waals surface area contributed by atoms with Gasteiger partial charge in [-0.2, -0.15) is 37.6 Å². The monoisotopic (exact) mass is 1300 g/mol. The van der Waals surface area contributed by atoms with Gasteiger partial charge in [-0.3, -0.25) is 0 Å². The molecule has 2 aromatic heterocycles. The molecule has 0 spiro atoms. The van der Waals surface area contributed by atoms with Crippen LogP contribution in [0.15, 0.2) is 229 Å². The fraction of sp³-hybridized carbons (Fsp3) is 0.0345. The maximum atomic E-state index is 4.31. The van der Waals surface area contributed by atoms with Crippen LogP contribution in [0.4, 0.5) is 57.1 Å². The van der Waals surface area contributed by atoms with Crippen LogP contribution < -0.4 is 19.6 Å². The molecule has 8 aromatic carbocycles. The number of para-hydroxylation sites is 4. The molecule has 4 heterocycles. The second-order valence-corrected chi connectivity index (χ2v) is 15.6. The van der Waals surface area contributed by atoms with E-state index in [-0.39, 0.29) is 42.1 Å². The summed E-state index contributed by atoms with van der Waals surface area (Å²) in [5.74, 6) is 1.81. The van der Waals surface area contributed by atoms with E-state index in [1.165, 1.54) is 21.5 Å². The number of anilines is 6. The topological polar surface area (TPSA) is 117 Å². The molecule has 2 aliphatic rings. The van der Waals surface area contributed by atoms with Crippen molar-refractivity contribution < 1.29 is 42.1 Å². The Hall–Kier alpha value is -8.04. The van der Waals surface area contributed by atoms with Gasteiger partial charge in [-0.05, 0) is 36.8 Å². The molecule has 72 heavy (non-hydrogen) atoms. The van der Waals surface area contributed by atoms with Crippen LogP contribution in [0.2, 0.25) is 0 Å². The first-order valence-electron chi connectivity index (χ1n) is 22.4. The van der Waals surface area contributed by atoms with Crippen molar-refractivity contribution >= 4 is 91.4 Å². The Kier molecular flexibility index (Phi) is 18.9. The third-order valence-electron chi connectivity index (χ3n) is 10.8. The fourth-order valence-electron chi connectivity index (χ4n) is 7.37. The van der Waals surface area contributed by atoms with E-state index in [0.717, 1.165) is 57.1 Å². The third-order valence-corrected chi connectivity index (χ3v) is 10.8. The van der Waals surface area contributed by atoms with Crippen LogP contribution in [0.3, 0.4) is 0 Å². The molecular weight excluding hydrogens is 1250 g/mol. The summed E-state index contributed by atoms with van der Waals surface area (Å²) in [4.78, 5) is 33.4. The zero-order chi connectivity index (χ0) is 47.7. The molecule has 12 nitrogen and oxygen atoms in total. The van der Waals surface area contributed by atoms with Crippen LogP contribution in [-0.2, 0) is 42.1 Å². The first-order chi connectivity index (χ1) is 34.6. The molecule has 0 amide bonds. The van der Waals surface area contributed by atoms with Crippen molar-refractivity contribution in [3.05, 3.63) is 255 Å². The minimum Gasteiger partial charge on any atom is -0.491 e. The van der Waals surface area contributed by atoms with Gasteiger partial charge >= 0.3 is 0 Å². The Bertz CT molecular complexity index is 3070. The van der Waals surface area contributed by atoms with Crippen molar-refractivity contribution in [2.24, 2.45) is 9.98 Å². The van der Waals surface area contributed by atoms with Gasteiger partial charge in [-0.1, -0.05) is 170 Å². The number of hydrogen-bond donors (Lipinski definition) is 0. The van der Waals surface area contributed by atoms with Gasteiger partial charge in [-0.15, -0.1) is 57.2 Å². The Morgan fingerprint density at radius 2 is 0.806 bits per heavy atom. The number of nitrogens with zero attached hydrogens (tertiary/aromatic N) is 12. The SMILES string of the molecule is C(=Nc1ccccc1)[N-]c1ccccc1.C(=Nc1ccccc1)[N-]c1ccccc1.CN1[CH-]N(c2[c-]cc3ccccc3c2)c2cncnc21.CN1[CH-]N(c2[c-]cc3ccccc3c2)c2cncnc21.[Pt].[Pt]. The van der Waals surface area contributed by atoms with E-state index in [2.05, 4.69) is 98.9 Å². The van der Waals surface area contributed by atoms with Gasteiger partial charge < -0.3 is 40.2 Å². The van der Waals surface area contributed by atoms with E-state index in [1.807, 2.05) is 207 Å². The molecular formula is C58H46N12Pt2-6. The van der Waals surface area contributed by atoms with Crippen molar-refractivity contribution in [3.63, 3.8) is 0 Å². The summed E-state index contributed by atoms with van der Waals surface area (Å²) in [5, 5.41) is 13.2. The molecule has 10 aromatic rings. The number of aliphatic imine (C=N–C) groups is 2. The Labute approximate surface area is 449 Å². The number of benzene rings is 8. The van der Waals surface area contributed by atoms with Crippen LogP contribution >= 0.6 is 0 Å². The normalized spacial score (nSPS) is 12.0. The number of hydrogen-bond acceptors (Lipinski definition) is 10. The van der Waals surface area contributed by atoms with Gasteiger partial charge in [0, 0.05) is 42.1 Å². The van der Waals surface area contributed by atoms with Crippen molar-refractivity contribution in [2.45, 2.75) is 0 Å². The van der Waals surface area contributed by atoms with E-state index in [9.17, 15) is 0 Å². The second kappa shape index (κ2) is 26.2. The van der Waals surface area contributed by atoms with Crippen LogP contribution in [0.1, 0.15) is 0 Å². The molecule has 0 unspecified atom stereocenters. The molecule has 0 fully saturated rings. The zero-order valence-corrected chi connectivity index (χ0v) is 43.6. The Morgan fingerprint density at radius 1 is 0.458 bits per heavy atom. The van der Waals surface area contributed by atoms with Gasteiger partial charge in [0.05, 0.1) is 23.8 Å². The summed E-state index contributed by atoms with van der Waals surface area (Å²) in [6.07, 6.45) is 9.93. The predicted octanol–water partition coefficient (Wildman–Crippen LogP) is 14.4. The average Bonchev–Trinajstić information content (AvgIpc) is 3.95. The minimum atomic E-state index is 0. The van der Waals surface area contributed by atoms with Gasteiger partial charge in [0.15, 0.2) is 0 Å². The molecule has 0 aliphatic carbocycles. The average molecular weight is 1300 g/mol. The van der Waals surface area contributed by atoms with Crippen LogP contribution in [-0.4, -0.2) is 46.7 Å². The first-order valence-corrected chi connectivity index (χ1v) is 22.4. The van der Waals surface area contributed by atoms with E-state index < -0.39 is 0 Å². The van der Waals surface area contributed by atoms with E-state index in [4.69, 9.17) is 0 Å². The summed E-state index contributed by atoms with van der Waals surface area (Å²) >= 11 is 0. The maximum Gasteiger partial charge on any atom is 0.125 e. The van der Waals surface area contributed by atoms with Crippen molar-refractivity contribution in [2.75, 3.05) is 33.7 Å². The summed E-state index contributed by atoms with van der Waals surface area (Å²) in [6.45, 7) is 4.00. The van der Waals surface area contributed by atoms with Gasteiger partial charge in [0.25, 0.3) is 0 Å². The Balaban J connectivity index is 0.000000141. The first kappa shape index (κ1) is 51.8. The fourth-order valence-corrected chi connectivity index (χ4v) is 7.37. The molecule has 12 rings (SSSR count).